The molecule has 1 aliphatic heterocycles. The van der Waals surface area contributed by atoms with E-state index in [2.05, 4.69) is 41.6 Å². The maximum Gasteiger partial charge on any atom is 0.0330 e. The summed E-state index contributed by atoms with van der Waals surface area (Å²) in [6.45, 7) is 9.45. The van der Waals surface area contributed by atoms with Crippen LogP contribution in [-0.2, 0) is 6.54 Å². The van der Waals surface area contributed by atoms with E-state index in [-0.39, 0.29) is 12.4 Å². The van der Waals surface area contributed by atoms with Crippen LogP contribution in [0.25, 0.3) is 0 Å². The molecule has 4 heteroatoms. The Kier molecular flexibility index (Phi) is 8.00. The molecule has 2 rings (SSSR count). The molecule has 0 radical (unpaired) electrons. The summed E-state index contributed by atoms with van der Waals surface area (Å²) in [6, 6.07) is 5.06. The summed E-state index contributed by atoms with van der Waals surface area (Å²) in [5, 5.41) is 5.63. The lowest BCUT2D eigenvalue weighted by molar-refractivity contribution is 0.189. The second-order valence-electron chi connectivity index (χ2n) is 5.63. The van der Waals surface area contributed by atoms with E-state index >= 15 is 0 Å². The normalized spacial score (nSPS) is 16.8. The van der Waals surface area contributed by atoms with E-state index in [1.807, 2.05) is 11.3 Å². The first-order valence-corrected chi connectivity index (χ1v) is 8.11. The molecule has 0 atom stereocenters. The second kappa shape index (κ2) is 8.96. The van der Waals surface area contributed by atoms with Crippen molar-refractivity contribution in [2.75, 3.05) is 19.6 Å². The number of hydrogen-bond acceptors (Lipinski definition) is 3. The van der Waals surface area contributed by atoms with Crippen molar-refractivity contribution in [2.45, 2.75) is 45.7 Å². The van der Waals surface area contributed by atoms with Crippen LogP contribution >= 0.6 is 23.7 Å². The molecule has 0 aromatic carbocycles. The Morgan fingerprint density at radius 3 is 2.68 bits per heavy atom. The molecule has 0 aliphatic carbocycles. The lowest BCUT2D eigenvalue weighted by Crippen LogP contribution is -2.34. The lowest BCUT2D eigenvalue weighted by Gasteiger charge is -2.29. The summed E-state index contributed by atoms with van der Waals surface area (Å²) in [7, 11) is 0. The molecule has 19 heavy (non-hydrogen) atoms. The van der Waals surface area contributed by atoms with Gasteiger partial charge in [0, 0.05) is 17.5 Å². The Morgan fingerprint density at radius 2 is 2.11 bits per heavy atom. The predicted octanol–water partition coefficient (Wildman–Crippen LogP) is 3.77. The molecule has 2 heterocycles. The smallest absolute Gasteiger partial charge is 0.0330 e. The van der Waals surface area contributed by atoms with Gasteiger partial charge in [0.05, 0.1) is 0 Å². The highest BCUT2D eigenvalue weighted by Gasteiger charge is 2.16. The van der Waals surface area contributed by atoms with E-state index in [0.717, 1.165) is 12.5 Å². The number of thiophene rings is 1. The lowest BCUT2D eigenvalue weighted by atomic mass is 9.94. The molecule has 1 saturated heterocycles. The maximum absolute atomic E-state index is 3.45. The fourth-order valence-electron chi connectivity index (χ4n) is 2.64. The van der Waals surface area contributed by atoms with Crippen LogP contribution in [0.1, 0.15) is 38.0 Å². The van der Waals surface area contributed by atoms with Gasteiger partial charge in [0.15, 0.2) is 0 Å². The quantitative estimate of drug-likeness (QED) is 0.860. The van der Waals surface area contributed by atoms with Gasteiger partial charge in [-0.3, -0.25) is 4.90 Å². The Labute approximate surface area is 128 Å². The van der Waals surface area contributed by atoms with Crippen molar-refractivity contribution in [1.82, 2.24) is 10.2 Å². The highest BCUT2D eigenvalue weighted by atomic mass is 35.5. The van der Waals surface area contributed by atoms with Gasteiger partial charge in [-0.25, -0.2) is 0 Å². The number of halogens is 1. The van der Waals surface area contributed by atoms with E-state index in [1.54, 1.807) is 0 Å². The minimum Gasteiger partial charge on any atom is -0.317 e. The van der Waals surface area contributed by atoms with Gasteiger partial charge in [-0.2, -0.15) is 0 Å². The van der Waals surface area contributed by atoms with Crippen LogP contribution in [0.5, 0.6) is 0 Å². The van der Waals surface area contributed by atoms with Crippen LogP contribution in [0.4, 0.5) is 0 Å². The molecule has 0 bridgehead atoms. The summed E-state index contributed by atoms with van der Waals surface area (Å²) in [5.74, 6) is 0.941. The van der Waals surface area contributed by atoms with Gasteiger partial charge in [0.2, 0.25) is 0 Å². The summed E-state index contributed by atoms with van der Waals surface area (Å²) in [5.41, 5.74) is 0. The number of nitrogens with zero attached hydrogens (tertiary/aromatic N) is 1. The van der Waals surface area contributed by atoms with Gasteiger partial charge in [-0.1, -0.05) is 6.07 Å². The summed E-state index contributed by atoms with van der Waals surface area (Å²) >= 11 is 1.88. The summed E-state index contributed by atoms with van der Waals surface area (Å²) in [6.07, 6.45) is 4.10. The van der Waals surface area contributed by atoms with Gasteiger partial charge in [0.25, 0.3) is 0 Å². The Balaban J connectivity index is 0.00000180. The van der Waals surface area contributed by atoms with E-state index in [9.17, 15) is 0 Å². The van der Waals surface area contributed by atoms with Crippen LogP contribution in [0.2, 0.25) is 0 Å². The number of nitrogens with one attached hydrogen (secondary N) is 1. The van der Waals surface area contributed by atoms with Crippen molar-refractivity contribution >= 4 is 23.7 Å². The van der Waals surface area contributed by atoms with E-state index in [0.29, 0.717) is 6.04 Å². The Hall–Kier alpha value is -0.0900. The Morgan fingerprint density at radius 1 is 1.37 bits per heavy atom. The molecule has 1 fully saturated rings. The minimum atomic E-state index is 0. The van der Waals surface area contributed by atoms with Crippen molar-refractivity contribution in [3.8, 4) is 0 Å². The molecular weight excluding hydrogens is 276 g/mol. The number of rotatable bonds is 6. The molecule has 110 valence electrons. The van der Waals surface area contributed by atoms with E-state index in [1.165, 1.54) is 43.8 Å². The molecule has 0 spiro atoms. The topological polar surface area (TPSA) is 15.3 Å². The SMILES string of the molecule is CC(C)N(CCC1CCNCC1)Cc1cccs1.Cl. The van der Waals surface area contributed by atoms with Crippen LogP contribution in [0, 0.1) is 5.92 Å². The first-order chi connectivity index (χ1) is 8.75. The van der Waals surface area contributed by atoms with Gasteiger partial charge < -0.3 is 5.32 Å². The average Bonchev–Trinajstić information content (AvgIpc) is 2.88. The number of hydrogen-bond donors (Lipinski definition) is 1. The monoisotopic (exact) mass is 302 g/mol. The zero-order chi connectivity index (χ0) is 12.8. The molecule has 1 aliphatic rings. The van der Waals surface area contributed by atoms with Crippen LogP contribution in [0.15, 0.2) is 17.5 Å². The molecule has 1 aromatic heterocycles. The van der Waals surface area contributed by atoms with E-state index in [4.69, 9.17) is 0 Å². The second-order valence-corrected chi connectivity index (χ2v) is 6.66. The third-order valence-corrected chi connectivity index (χ3v) is 4.81. The largest absolute Gasteiger partial charge is 0.317 e. The molecule has 1 N–H and O–H groups in total. The Bertz CT molecular complexity index is 321. The van der Waals surface area contributed by atoms with Gasteiger partial charge >= 0.3 is 0 Å². The highest BCUT2D eigenvalue weighted by molar-refractivity contribution is 7.09. The third kappa shape index (κ3) is 5.82. The molecule has 0 saturated carbocycles. The highest BCUT2D eigenvalue weighted by Crippen LogP contribution is 2.19. The summed E-state index contributed by atoms with van der Waals surface area (Å²) < 4.78 is 0. The van der Waals surface area contributed by atoms with Crippen molar-refractivity contribution in [1.29, 1.82) is 0 Å². The first-order valence-electron chi connectivity index (χ1n) is 7.23. The van der Waals surface area contributed by atoms with Crippen molar-refractivity contribution in [3.05, 3.63) is 22.4 Å². The van der Waals surface area contributed by atoms with Crippen molar-refractivity contribution in [3.63, 3.8) is 0 Å². The minimum absolute atomic E-state index is 0. The van der Waals surface area contributed by atoms with Gasteiger partial charge in [-0.05, 0) is 70.1 Å². The summed E-state index contributed by atoms with van der Waals surface area (Å²) in [4.78, 5) is 4.11. The van der Waals surface area contributed by atoms with Crippen molar-refractivity contribution in [2.24, 2.45) is 5.92 Å². The molecule has 2 nitrogen and oxygen atoms in total. The maximum atomic E-state index is 3.45. The van der Waals surface area contributed by atoms with Gasteiger partial charge in [-0.15, -0.1) is 23.7 Å². The molecule has 1 aromatic rings. The standard InChI is InChI=1S/C15H26N2S.ClH/c1-13(2)17(12-15-4-3-11-18-15)10-7-14-5-8-16-9-6-14;/h3-4,11,13-14,16H,5-10,12H2,1-2H3;1H. The fourth-order valence-corrected chi connectivity index (χ4v) is 3.37. The average molecular weight is 303 g/mol. The molecule has 0 amide bonds. The van der Waals surface area contributed by atoms with Crippen LogP contribution < -0.4 is 5.32 Å². The van der Waals surface area contributed by atoms with Gasteiger partial charge in [0.1, 0.15) is 0 Å². The molecular formula is C15H27ClN2S. The van der Waals surface area contributed by atoms with E-state index < -0.39 is 0 Å². The third-order valence-electron chi connectivity index (χ3n) is 3.95. The predicted molar refractivity (Wildman–Crippen MR) is 87.3 cm³/mol. The van der Waals surface area contributed by atoms with Crippen molar-refractivity contribution < 1.29 is 0 Å². The number of piperidine rings is 1. The fraction of sp³-hybridized carbons (Fsp3) is 0.733. The molecule has 0 unspecified atom stereocenters. The van der Waals surface area contributed by atoms with Crippen LogP contribution in [-0.4, -0.2) is 30.6 Å². The van der Waals surface area contributed by atoms with Crippen LogP contribution in [0.3, 0.4) is 0 Å². The first kappa shape index (κ1) is 17.0. The zero-order valence-electron chi connectivity index (χ0n) is 12.1. The zero-order valence-corrected chi connectivity index (χ0v) is 13.7.